The Morgan fingerprint density at radius 1 is 1.21 bits per heavy atom. The molecule has 0 saturated carbocycles. The lowest BCUT2D eigenvalue weighted by molar-refractivity contribution is -0.121. The Bertz CT molecular complexity index is 680. The van der Waals surface area contributed by atoms with Gasteiger partial charge in [-0.3, -0.25) is 4.79 Å². The first-order valence-electron chi connectivity index (χ1n) is 9.89. The summed E-state index contributed by atoms with van der Waals surface area (Å²) in [6.07, 6.45) is 2.86. The van der Waals surface area contributed by atoms with Gasteiger partial charge in [0.2, 0.25) is 5.91 Å². The van der Waals surface area contributed by atoms with Crippen LogP contribution in [0.25, 0.3) is 0 Å². The highest BCUT2D eigenvalue weighted by Crippen LogP contribution is 2.22. The second kappa shape index (κ2) is 8.77. The number of carbonyl (C=O) groups excluding carboxylic acids is 2. The molecule has 2 saturated heterocycles. The van der Waals surface area contributed by atoms with E-state index in [0.717, 1.165) is 31.7 Å². The third kappa shape index (κ3) is 5.58. The number of aromatic nitrogens is 1. The van der Waals surface area contributed by atoms with E-state index < -0.39 is 5.60 Å². The number of amides is 2. The molecule has 2 fully saturated rings. The first kappa shape index (κ1) is 20.4. The molecule has 1 unspecified atom stereocenters. The van der Waals surface area contributed by atoms with Crippen molar-refractivity contribution in [1.29, 1.82) is 0 Å². The molecule has 2 amide bonds. The van der Waals surface area contributed by atoms with Crippen molar-refractivity contribution in [1.82, 2.24) is 9.88 Å². The molecule has 0 spiro atoms. The highest BCUT2D eigenvalue weighted by molar-refractivity contribution is 5.93. The Kier molecular flexibility index (Phi) is 6.39. The Hall–Kier alpha value is -2.35. The van der Waals surface area contributed by atoms with E-state index in [4.69, 9.17) is 9.47 Å². The highest BCUT2D eigenvalue weighted by atomic mass is 16.6. The van der Waals surface area contributed by atoms with E-state index in [1.165, 1.54) is 0 Å². The topological polar surface area (TPSA) is 84.0 Å². The van der Waals surface area contributed by atoms with E-state index >= 15 is 0 Å². The lowest BCUT2D eigenvalue weighted by Crippen LogP contribution is -2.45. The van der Waals surface area contributed by atoms with E-state index in [-0.39, 0.29) is 17.9 Å². The summed E-state index contributed by atoms with van der Waals surface area (Å²) in [5, 5.41) is 2.93. The second-order valence-corrected chi connectivity index (χ2v) is 8.26. The smallest absolute Gasteiger partial charge is 0.410 e. The summed E-state index contributed by atoms with van der Waals surface area (Å²) < 4.78 is 10.8. The molecule has 8 heteroatoms. The van der Waals surface area contributed by atoms with Crippen LogP contribution in [0.4, 0.5) is 16.3 Å². The van der Waals surface area contributed by atoms with E-state index in [0.29, 0.717) is 32.0 Å². The first-order valence-corrected chi connectivity index (χ1v) is 9.89. The number of carbonyl (C=O) groups is 2. The Morgan fingerprint density at radius 3 is 2.61 bits per heavy atom. The summed E-state index contributed by atoms with van der Waals surface area (Å²) in [6, 6.07) is 3.78. The second-order valence-electron chi connectivity index (χ2n) is 8.26. The van der Waals surface area contributed by atoms with E-state index in [1.807, 2.05) is 32.9 Å². The molecule has 0 bridgehead atoms. The lowest BCUT2D eigenvalue weighted by Gasteiger charge is -2.33. The van der Waals surface area contributed by atoms with E-state index in [2.05, 4.69) is 15.2 Å². The maximum atomic E-state index is 12.7. The van der Waals surface area contributed by atoms with Gasteiger partial charge < -0.3 is 24.6 Å². The van der Waals surface area contributed by atoms with Crippen molar-refractivity contribution in [2.24, 2.45) is 5.92 Å². The lowest BCUT2D eigenvalue weighted by atomic mass is 9.97. The van der Waals surface area contributed by atoms with Crippen LogP contribution in [0, 0.1) is 5.92 Å². The SMILES string of the molecule is CC(C)(C)OC(=O)N1CCCC(C(=O)Nc2ccc(N3CCOCC3)nc2)C1. The molecule has 1 aromatic rings. The fraction of sp³-hybridized carbons (Fsp3) is 0.650. The average Bonchev–Trinajstić information content (AvgIpc) is 2.68. The summed E-state index contributed by atoms with van der Waals surface area (Å²) in [7, 11) is 0. The summed E-state index contributed by atoms with van der Waals surface area (Å²) in [6.45, 7) is 9.56. The third-order valence-electron chi connectivity index (χ3n) is 4.79. The molecule has 0 aliphatic carbocycles. The van der Waals surface area contributed by atoms with Crippen molar-refractivity contribution in [2.75, 3.05) is 49.6 Å². The molecule has 1 atom stereocenters. The van der Waals surface area contributed by atoms with Crippen LogP contribution in [-0.4, -0.2) is 66.9 Å². The highest BCUT2D eigenvalue weighted by Gasteiger charge is 2.31. The molecule has 154 valence electrons. The molecule has 2 aliphatic heterocycles. The number of morpholine rings is 1. The average molecular weight is 390 g/mol. The predicted octanol–water partition coefficient (Wildman–Crippen LogP) is 2.50. The maximum absolute atomic E-state index is 12.7. The van der Waals surface area contributed by atoms with Gasteiger partial charge in [0.25, 0.3) is 0 Å². The van der Waals surface area contributed by atoms with Crippen molar-refractivity contribution in [3.63, 3.8) is 0 Å². The van der Waals surface area contributed by atoms with Crippen LogP contribution in [0.3, 0.4) is 0 Å². The van der Waals surface area contributed by atoms with Gasteiger partial charge in [0.05, 0.1) is 31.0 Å². The van der Waals surface area contributed by atoms with Crippen LogP contribution in [0.15, 0.2) is 18.3 Å². The number of piperidine rings is 1. The summed E-state index contributed by atoms with van der Waals surface area (Å²) in [5.41, 5.74) is 0.122. The zero-order chi connectivity index (χ0) is 20.1. The van der Waals surface area contributed by atoms with Gasteiger partial charge in [-0.15, -0.1) is 0 Å². The molecule has 1 aromatic heterocycles. The van der Waals surface area contributed by atoms with Crippen molar-refractivity contribution in [3.05, 3.63) is 18.3 Å². The van der Waals surface area contributed by atoms with E-state index in [1.54, 1.807) is 11.1 Å². The van der Waals surface area contributed by atoms with E-state index in [9.17, 15) is 9.59 Å². The molecule has 1 N–H and O–H groups in total. The van der Waals surface area contributed by atoms with Gasteiger partial charge in [-0.05, 0) is 45.7 Å². The number of likely N-dealkylation sites (tertiary alicyclic amines) is 1. The van der Waals surface area contributed by atoms with Gasteiger partial charge in [0.15, 0.2) is 0 Å². The largest absolute Gasteiger partial charge is 0.444 e. The molecular weight excluding hydrogens is 360 g/mol. The minimum absolute atomic E-state index is 0.0887. The third-order valence-corrected chi connectivity index (χ3v) is 4.79. The van der Waals surface area contributed by atoms with Crippen LogP contribution in [-0.2, 0) is 14.3 Å². The van der Waals surface area contributed by atoms with Crippen LogP contribution in [0.1, 0.15) is 33.6 Å². The number of nitrogens with zero attached hydrogens (tertiary/aromatic N) is 3. The Morgan fingerprint density at radius 2 is 1.96 bits per heavy atom. The Balaban J connectivity index is 1.54. The number of ether oxygens (including phenoxy) is 2. The number of rotatable bonds is 3. The van der Waals surface area contributed by atoms with Gasteiger partial charge in [-0.25, -0.2) is 9.78 Å². The molecule has 3 heterocycles. The minimum Gasteiger partial charge on any atom is -0.444 e. The molecule has 3 rings (SSSR count). The number of nitrogens with one attached hydrogen (secondary N) is 1. The molecule has 2 aliphatic rings. The fourth-order valence-corrected chi connectivity index (χ4v) is 3.37. The normalized spacial score (nSPS) is 20.6. The summed E-state index contributed by atoms with van der Waals surface area (Å²) >= 11 is 0. The molecule has 0 aromatic carbocycles. The number of anilines is 2. The maximum Gasteiger partial charge on any atom is 0.410 e. The van der Waals surface area contributed by atoms with Crippen LogP contribution in [0.2, 0.25) is 0 Å². The van der Waals surface area contributed by atoms with Crippen molar-refractivity contribution in [3.8, 4) is 0 Å². The molecule has 8 nitrogen and oxygen atoms in total. The van der Waals surface area contributed by atoms with Gasteiger partial charge >= 0.3 is 6.09 Å². The Labute approximate surface area is 166 Å². The first-order chi connectivity index (χ1) is 13.3. The number of pyridine rings is 1. The zero-order valence-corrected chi connectivity index (χ0v) is 16.9. The van der Waals surface area contributed by atoms with Crippen molar-refractivity contribution >= 4 is 23.5 Å². The fourth-order valence-electron chi connectivity index (χ4n) is 3.37. The van der Waals surface area contributed by atoms with Gasteiger partial charge in [0, 0.05) is 26.2 Å². The van der Waals surface area contributed by atoms with Gasteiger partial charge in [-0.1, -0.05) is 0 Å². The van der Waals surface area contributed by atoms with Gasteiger partial charge in [-0.2, -0.15) is 0 Å². The molecular formula is C20H30N4O4. The van der Waals surface area contributed by atoms with Crippen molar-refractivity contribution < 1.29 is 19.1 Å². The van der Waals surface area contributed by atoms with Crippen LogP contribution < -0.4 is 10.2 Å². The van der Waals surface area contributed by atoms with Crippen LogP contribution >= 0.6 is 0 Å². The van der Waals surface area contributed by atoms with Gasteiger partial charge in [0.1, 0.15) is 11.4 Å². The number of hydrogen-bond donors (Lipinski definition) is 1. The molecule has 0 radical (unpaired) electrons. The van der Waals surface area contributed by atoms with Crippen LogP contribution in [0.5, 0.6) is 0 Å². The summed E-state index contributed by atoms with van der Waals surface area (Å²) in [5.74, 6) is 0.546. The quantitative estimate of drug-likeness (QED) is 0.854. The number of hydrogen-bond acceptors (Lipinski definition) is 6. The summed E-state index contributed by atoms with van der Waals surface area (Å²) in [4.78, 5) is 33.2. The molecule has 28 heavy (non-hydrogen) atoms. The van der Waals surface area contributed by atoms with Crippen molar-refractivity contribution in [2.45, 2.75) is 39.2 Å². The zero-order valence-electron chi connectivity index (χ0n) is 16.9. The monoisotopic (exact) mass is 390 g/mol. The predicted molar refractivity (Wildman–Crippen MR) is 106 cm³/mol. The standard InChI is InChI=1S/C20H30N4O4/c1-20(2,3)28-19(26)24-8-4-5-15(14-24)18(25)22-16-6-7-17(21-13-16)23-9-11-27-12-10-23/h6-7,13,15H,4-5,8-12,14H2,1-3H3,(H,22,25). The minimum atomic E-state index is -0.541.